The van der Waals surface area contributed by atoms with Gasteiger partial charge in [0.05, 0.1) is 0 Å². The highest BCUT2D eigenvalue weighted by Gasteiger charge is 2.30. The lowest BCUT2D eigenvalue weighted by Crippen LogP contribution is -2.45. The van der Waals surface area contributed by atoms with Gasteiger partial charge in [0.2, 0.25) is 9.20 Å². The maximum absolute atomic E-state index is 6.29. The van der Waals surface area contributed by atoms with Crippen molar-refractivity contribution >= 4 is 17.5 Å². The van der Waals surface area contributed by atoms with Crippen LogP contribution in [0, 0.1) is 5.92 Å². The fourth-order valence-corrected chi connectivity index (χ4v) is 7.49. The van der Waals surface area contributed by atoms with E-state index >= 15 is 0 Å². The van der Waals surface area contributed by atoms with Crippen molar-refractivity contribution in [2.24, 2.45) is 11.3 Å². The lowest BCUT2D eigenvalue weighted by molar-refractivity contribution is 0.334. The van der Waals surface area contributed by atoms with Gasteiger partial charge in [-0.05, 0) is 31.1 Å². The van der Waals surface area contributed by atoms with Gasteiger partial charge in [0.1, 0.15) is 0 Å². The molecule has 1 aliphatic rings. The molecule has 2 N–H and O–H groups in total. The molecule has 0 amide bonds. The van der Waals surface area contributed by atoms with Crippen LogP contribution in [-0.2, 0) is 4.12 Å². The molecule has 0 bridgehead atoms. The third-order valence-corrected chi connectivity index (χ3v) is 8.90. The SMILES string of the molecule is CC(C1CCCCC1)[SiH](N)O[Si](C)(C)C. The zero-order valence-corrected chi connectivity index (χ0v) is 12.9. The minimum absolute atomic E-state index is 0.664. The molecular formula is C11H27NOSi2. The van der Waals surface area contributed by atoms with Gasteiger partial charge < -0.3 is 9.51 Å². The summed E-state index contributed by atoms with van der Waals surface area (Å²) in [5.74, 6) is 0.858. The summed E-state index contributed by atoms with van der Waals surface area (Å²) in [6.07, 6.45) is 7.01. The summed E-state index contributed by atoms with van der Waals surface area (Å²) in [6.45, 7) is 9.06. The van der Waals surface area contributed by atoms with Gasteiger partial charge in [-0.1, -0.05) is 39.0 Å². The highest BCUT2D eigenvalue weighted by molar-refractivity contribution is 6.76. The second kappa shape index (κ2) is 5.61. The Bertz CT molecular complexity index is 188. The van der Waals surface area contributed by atoms with E-state index in [9.17, 15) is 0 Å². The molecular weight excluding hydrogens is 218 g/mol. The number of rotatable bonds is 4. The molecule has 0 heterocycles. The van der Waals surface area contributed by atoms with Crippen molar-refractivity contribution in [1.29, 1.82) is 0 Å². The van der Waals surface area contributed by atoms with Crippen molar-refractivity contribution < 1.29 is 4.12 Å². The largest absolute Gasteiger partial charge is 0.447 e. The van der Waals surface area contributed by atoms with Crippen LogP contribution < -0.4 is 5.40 Å². The van der Waals surface area contributed by atoms with Crippen molar-refractivity contribution in [3.05, 3.63) is 0 Å². The Balaban J connectivity index is 2.40. The summed E-state index contributed by atoms with van der Waals surface area (Å²) < 4.78 is 6.11. The summed E-state index contributed by atoms with van der Waals surface area (Å²) in [5, 5.41) is 6.29. The zero-order valence-electron chi connectivity index (χ0n) is 10.8. The van der Waals surface area contributed by atoms with E-state index in [4.69, 9.17) is 9.51 Å². The second-order valence-electron chi connectivity index (χ2n) is 5.95. The maximum Gasteiger partial charge on any atom is 0.242 e. The molecule has 0 aromatic heterocycles. The predicted octanol–water partition coefficient (Wildman–Crippen LogP) is 2.99. The van der Waals surface area contributed by atoms with Gasteiger partial charge >= 0.3 is 0 Å². The van der Waals surface area contributed by atoms with Crippen LogP contribution in [0.15, 0.2) is 0 Å². The average molecular weight is 246 g/mol. The molecule has 2 nitrogen and oxygen atoms in total. The quantitative estimate of drug-likeness (QED) is 0.773. The van der Waals surface area contributed by atoms with Gasteiger partial charge in [0.15, 0.2) is 8.32 Å². The van der Waals surface area contributed by atoms with E-state index in [1.165, 1.54) is 32.1 Å². The van der Waals surface area contributed by atoms with E-state index < -0.39 is 17.5 Å². The normalized spacial score (nSPS) is 23.8. The summed E-state index contributed by atoms with van der Waals surface area (Å²) >= 11 is 0. The minimum Gasteiger partial charge on any atom is -0.447 e. The Labute approximate surface area is 97.5 Å². The van der Waals surface area contributed by atoms with Crippen molar-refractivity contribution in [1.82, 2.24) is 0 Å². The molecule has 0 spiro atoms. The Hall–Kier alpha value is 0.354. The van der Waals surface area contributed by atoms with E-state index in [1.807, 2.05) is 0 Å². The fourth-order valence-electron chi connectivity index (χ4n) is 2.44. The monoisotopic (exact) mass is 245 g/mol. The van der Waals surface area contributed by atoms with Crippen LogP contribution in [0.2, 0.25) is 25.2 Å². The van der Waals surface area contributed by atoms with Crippen LogP contribution in [0.3, 0.4) is 0 Å². The van der Waals surface area contributed by atoms with E-state index in [-0.39, 0.29) is 0 Å². The molecule has 2 unspecified atom stereocenters. The van der Waals surface area contributed by atoms with Crippen LogP contribution in [0.5, 0.6) is 0 Å². The Morgan fingerprint density at radius 2 is 1.73 bits per heavy atom. The molecule has 0 saturated heterocycles. The van der Waals surface area contributed by atoms with Crippen LogP contribution >= 0.6 is 0 Å². The molecule has 1 aliphatic carbocycles. The van der Waals surface area contributed by atoms with Crippen LogP contribution in [0.4, 0.5) is 0 Å². The average Bonchev–Trinajstić information content (AvgIpc) is 2.15. The zero-order chi connectivity index (χ0) is 11.5. The number of hydrogen-bond donors (Lipinski definition) is 1. The van der Waals surface area contributed by atoms with Gasteiger partial charge in [-0.25, -0.2) is 0 Å². The second-order valence-corrected chi connectivity index (χ2v) is 13.1. The van der Waals surface area contributed by atoms with Crippen molar-refractivity contribution in [2.45, 2.75) is 64.2 Å². The Morgan fingerprint density at radius 1 is 1.20 bits per heavy atom. The first-order valence-electron chi connectivity index (χ1n) is 6.33. The van der Waals surface area contributed by atoms with Gasteiger partial charge in [-0.15, -0.1) is 0 Å². The standard InChI is InChI=1S/C11H27NOSi2/c1-10(11-8-6-5-7-9-11)14(12)13-15(2,3)4/h10-11,14H,5-9,12H2,1-4H3. The van der Waals surface area contributed by atoms with Gasteiger partial charge in [0, 0.05) is 0 Å². The first kappa shape index (κ1) is 13.4. The van der Waals surface area contributed by atoms with E-state index in [0.717, 1.165) is 5.92 Å². The smallest absolute Gasteiger partial charge is 0.242 e. The molecule has 0 aliphatic heterocycles. The molecule has 15 heavy (non-hydrogen) atoms. The van der Waals surface area contributed by atoms with Gasteiger partial charge in [0.25, 0.3) is 0 Å². The lowest BCUT2D eigenvalue weighted by atomic mass is 9.87. The first-order valence-corrected chi connectivity index (χ1v) is 11.5. The molecule has 0 aromatic carbocycles. The third kappa shape index (κ3) is 4.80. The minimum atomic E-state index is -1.43. The van der Waals surface area contributed by atoms with Crippen molar-refractivity contribution in [2.75, 3.05) is 0 Å². The van der Waals surface area contributed by atoms with Crippen LogP contribution in [-0.4, -0.2) is 17.5 Å². The topological polar surface area (TPSA) is 35.2 Å². The lowest BCUT2D eigenvalue weighted by Gasteiger charge is -2.33. The fraction of sp³-hybridized carbons (Fsp3) is 1.00. The van der Waals surface area contributed by atoms with Gasteiger partial charge in [-0.2, -0.15) is 0 Å². The van der Waals surface area contributed by atoms with Crippen LogP contribution in [0.1, 0.15) is 39.0 Å². The van der Waals surface area contributed by atoms with E-state index in [2.05, 4.69) is 26.6 Å². The highest BCUT2D eigenvalue weighted by Crippen LogP contribution is 2.34. The number of hydrogen-bond acceptors (Lipinski definition) is 2. The van der Waals surface area contributed by atoms with Crippen molar-refractivity contribution in [3.8, 4) is 0 Å². The molecule has 0 radical (unpaired) electrons. The summed E-state index contributed by atoms with van der Waals surface area (Å²) in [5.41, 5.74) is 0.664. The molecule has 0 aromatic rings. The molecule has 1 rings (SSSR count). The molecule has 1 saturated carbocycles. The van der Waals surface area contributed by atoms with Gasteiger partial charge in [-0.3, -0.25) is 0 Å². The Kier molecular flexibility index (Phi) is 5.02. The summed E-state index contributed by atoms with van der Waals surface area (Å²) in [4.78, 5) is 0. The molecule has 2 atom stereocenters. The summed E-state index contributed by atoms with van der Waals surface area (Å²) in [6, 6.07) is 0. The maximum atomic E-state index is 6.29. The first-order chi connectivity index (χ1) is 6.90. The molecule has 4 heteroatoms. The molecule has 1 fully saturated rings. The molecule has 90 valence electrons. The van der Waals surface area contributed by atoms with Crippen LogP contribution in [0.25, 0.3) is 0 Å². The van der Waals surface area contributed by atoms with Crippen molar-refractivity contribution in [3.63, 3.8) is 0 Å². The highest BCUT2D eigenvalue weighted by atomic mass is 28.4. The van der Waals surface area contributed by atoms with E-state index in [0.29, 0.717) is 5.54 Å². The number of nitrogens with two attached hydrogens (primary N) is 1. The third-order valence-electron chi connectivity index (χ3n) is 3.40. The summed E-state index contributed by atoms with van der Waals surface area (Å²) in [7, 11) is -2.84. The Morgan fingerprint density at radius 3 is 2.20 bits per heavy atom. The predicted molar refractivity (Wildman–Crippen MR) is 71.8 cm³/mol. The van der Waals surface area contributed by atoms with E-state index in [1.54, 1.807) is 0 Å².